The molecule has 1 atom stereocenters. The third kappa shape index (κ3) is 6.64. The second kappa shape index (κ2) is 14.5. The van der Waals surface area contributed by atoms with Crippen molar-refractivity contribution >= 4 is 34.8 Å². The van der Waals surface area contributed by atoms with Crippen LogP contribution in [0.5, 0.6) is 5.75 Å². The van der Waals surface area contributed by atoms with Crippen molar-refractivity contribution in [3.63, 3.8) is 0 Å². The molecule has 0 aliphatic carbocycles. The van der Waals surface area contributed by atoms with Gasteiger partial charge in [-0.2, -0.15) is 0 Å². The number of hydrogen-bond acceptors (Lipinski definition) is 8. The summed E-state index contributed by atoms with van der Waals surface area (Å²) in [6.07, 6.45) is 3.45. The third-order valence-electron chi connectivity index (χ3n) is 9.78. The number of rotatable bonds is 7. The van der Waals surface area contributed by atoms with Crippen molar-refractivity contribution in [3.05, 3.63) is 123 Å². The van der Waals surface area contributed by atoms with Crippen LogP contribution in [0.25, 0.3) is 21.6 Å². The molecule has 2 aliphatic heterocycles. The molecule has 0 spiro atoms. The number of carbonyl (C=O) groups is 3. The van der Waals surface area contributed by atoms with Gasteiger partial charge in [0.05, 0.1) is 19.8 Å². The standard InChI is InChI=1S/C41H40N4O5S/c1-24-19-26(23-42)20-25(2)36(24)44-39(46)31-21-32-35(50-17-14-28-15-18-51-38(28)32)22-30(31)29-12-13-33(43-37(29)41(48)49-3)40(47)45-16-8-7-11-34(45)27-9-5-4-6-10-27/h4-6,9-10,12-13,15,18-22,34H,7-8,11,14,16-17,23,42H2,1-3H3,(H,44,46)/t34-/m0/s1. The van der Waals surface area contributed by atoms with E-state index in [9.17, 15) is 14.4 Å². The van der Waals surface area contributed by atoms with Crippen LogP contribution in [0, 0.1) is 13.8 Å². The minimum atomic E-state index is -0.718. The maximum Gasteiger partial charge on any atom is 0.357 e. The maximum atomic E-state index is 14.4. The van der Waals surface area contributed by atoms with E-state index in [0.717, 1.165) is 63.9 Å². The van der Waals surface area contributed by atoms with Gasteiger partial charge in [0.2, 0.25) is 0 Å². The van der Waals surface area contributed by atoms with E-state index in [0.29, 0.717) is 47.8 Å². The number of likely N-dealkylation sites (tertiary alicyclic amines) is 1. The van der Waals surface area contributed by atoms with Gasteiger partial charge in [-0.25, -0.2) is 9.78 Å². The summed E-state index contributed by atoms with van der Waals surface area (Å²) in [6, 6.07) is 22.9. The molecular formula is C41H40N4O5S. The molecule has 51 heavy (non-hydrogen) atoms. The zero-order chi connectivity index (χ0) is 35.6. The number of aryl methyl sites for hydroxylation is 2. The van der Waals surface area contributed by atoms with E-state index in [1.54, 1.807) is 29.5 Å². The second-order valence-corrected chi connectivity index (χ2v) is 14.0. The number of hydrogen-bond donors (Lipinski definition) is 2. The minimum Gasteiger partial charge on any atom is -0.493 e. The van der Waals surface area contributed by atoms with Crippen LogP contribution in [0.1, 0.15) is 84.5 Å². The smallest absolute Gasteiger partial charge is 0.357 e. The Hall–Kier alpha value is -5.32. The topological polar surface area (TPSA) is 124 Å². The average Bonchev–Trinajstić information content (AvgIpc) is 3.56. The van der Waals surface area contributed by atoms with Gasteiger partial charge in [-0.1, -0.05) is 42.5 Å². The van der Waals surface area contributed by atoms with Crippen LogP contribution in [0.15, 0.2) is 78.2 Å². The van der Waals surface area contributed by atoms with Crippen molar-refractivity contribution in [1.82, 2.24) is 9.88 Å². The number of methoxy groups -OCH3 is 1. The Morgan fingerprint density at radius 3 is 2.51 bits per heavy atom. The van der Waals surface area contributed by atoms with Gasteiger partial charge in [0.1, 0.15) is 11.4 Å². The number of fused-ring (bicyclic) bond motifs is 3. The lowest BCUT2D eigenvalue weighted by Crippen LogP contribution is -2.39. The van der Waals surface area contributed by atoms with E-state index >= 15 is 0 Å². The number of pyridine rings is 1. The lowest BCUT2D eigenvalue weighted by molar-refractivity contribution is 0.0590. The van der Waals surface area contributed by atoms with Crippen molar-refractivity contribution in [2.45, 2.75) is 52.1 Å². The molecule has 3 aromatic carbocycles. The van der Waals surface area contributed by atoms with Crippen LogP contribution in [-0.2, 0) is 17.7 Å². The molecule has 4 heterocycles. The van der Waals surface area contributed by atoms with Gasteiger partial charge < -0.3 is 25.4 Å². The summed E-state index contributed by atoms with van der Waals surface area (Å²) < 4.78 is 11.5. The van der Waals surface area contributed by atoms with Crippen molar-refractivity contribution in [3.8, 4) is 27.3 Å². The van der Waals surface area contributed by atoms with Crippen LogP contribution >= 0.6 is 11.3 Å². The number of benzene rings is 3. The summed E-state index contributed by atoms with van der Waals surface area (Å²) in [5.41, 5.74) is 13.5. The highest BCUT2D eigenvalue weighted by molar-refractivity contribution is 7.13. The number of carbonyl (C=O) groups excluding carboxylic acids is 3. The maximum absolute atomic E-state index is 14.4. The fourth-order valence-corrected chi connectivity index (χ4v) is 8.24. The Morgan fingerprint density at radius 2 is 1.76 bits per heavy atom. The number of piperidine rings is 1. The summed E-state index contributed by atoms with van der Waals surface area (Å²) in [5.74, 6) is -0.750. The molecule has 10 heteroatoms. The number of anilines is 1. The number of thiophene rings is 1. The first kappa shape index (κ1) is 34.1. The Morgan fingerprint density at radius 1 is 0.980 bits per heavy atom. The van der Waals surface area contributed by atoms with Crippen LogP contribution in [0.3, 0.4) is 0 Å². The van der Waals surface area contributed by atoms with Crippen LogP contribution in [0.4, 0.5) is 5.69 Å². The molecule has 0 saturated carbocycles. The zero-order valence-electron chi connectivity index (χ0n) is 29.0. The number of amides is 2. The SMILES string of the molecule is COC(=O)c1nc(C(=O)N2CCCC[C@H]2c2ccccc2)ccc1-c1cc2c(cc1C(=O)Nc1c(C)cc(CN)cc1C)-c1sccc1CCO2. The molecule has 260 valence electrons. The molecule has 5 aromatic rings. The van der Waals surface area contributed by atoms with Gasteiger partial charge in [-0.15, -0.1) is 11.3 Å². The van der Waals surface area contributed by atoms with E-state index in [2.05, 4.69) is 16.4 Å². The second-order valence-electron chi connectivity index (χ2n) is 13.0. The quantitative estimate of drug-likeness (QED) is 0.166. The van der Waals surface area contributed by atoms with E-state index in [1.807, 2.05) is 72.7 Å². The molecule has 2 aliphatic rings. The number of nitrogens with one attached hydrogen (secondary N) is 1. The number of esters is 1. The summed E-state index contributed by atoms with van der Waals surface area (Å²) >= 11 is 1.59. The van der Waals surface area contributed by atoms with E-state index < -0.39 is 5.97 Å². The van der Waals surface area contributed by atoms with E-state index in [-0.39, 0.29) is 29.2 Å². The third-order valence-corrected chi connectivity index (χ3v) is 10.8. The number of nitrogens with zero attached hydrogens (tertiary/aromatic N) is 2. The fourth-order valence-electron chi connectivity index (χ4n) is 7.27. The fraction of sp³-hybridized carbons (Fsp3) is 0.268. The van der Waals surface area contributed by atoms with Crippen LogP contribution in [-0.4, -0.2) is 47.9 Å². The molecule has 0 radical (unpaired) electrons. The first-order chi connectivity index (χ1) is 24.8. The van der Waals surface area contributed by atoms with Gasteiger partial charge in [-0.3, -0.25) is 9.59 Å². The molecule has 1 saturated heterocycles. The summed E-state index contributed by atoms with van der Waals surface area (Å²) in [4.78, 5) is 49.6. The van der Waals surface area contributed by atoms with Crippen molar-refractivity contribution in [2.24, 2.45) is 5.73 Å². The molecule has 7 rings (SSSR count). The first-order valence-electron chi connectivity index (χ1n) is 17.2. The van der Waals surface area contributed by atoms with E-state index in [1.165, 1.54) is 7.11 Å². The number of ether oxygens (including phenoxy) is 2. The lowest BCUT2D eigenvalue weighted by atomic mass is 9.93. The highest BCUT2D eigenvalue weighted by atomic mass is 32.1. The lowest BCUT2D eigenvalue weighted by Gasteiger charge is -2.36. The predicted molar refractivity (Wildman–Crippen MR) is 199 cm³/mol. The highest BCUT2D eigenvalue weighted by Crippen LogP contribution is 2.44. The Balaban J connectivity index is 1.35. The number of nitrogens with two attached hydrogens (primary N) is 1. The van der Waals surface area contributed by atoms with Gasteiger partial charge in [-0.05, 0) is 96.6 Å². The normalized spacial score (nSPS) is 15.2. The summed E-state index contributed by atoms with van der Waals surface area (Å²) in [5, 5.41) is 5.18. The number of aromatic nitrogens is 1. The Kier molecular flexibility index (Phi) is 9.71. The van der Waals surface area contributed by atoms with Crippen molar-refractivity contribution in [2.75, 3.05) is 25.6 Å². The molecule has 0 bridgehead atoms. The van der Waals surface area contributed by atoms with Crippen molar-refractivity contribution in [1.29, 1.82) is 0 Å². The van der Waals surface area contributed by atoms with Crippen LogP contribution in [0.2, 0.25) is 0 Å². The Bertz CT molecular complexity index is 2120. The average molecular weight is 701 g/mol. The van der Waals surface area contributed by atoms with Gasteiger partial charge in [0.25, 0.3) is 11.8 Å². The molecule has 0 unspecified atom stereocenters. The van der Waals surface area contributed by atoms with Crippen molar-refractivity contribution < 1.29 is 23.9 Å². The molecule has 2 aromatic heterocycles. The monoisotopic (exact) mass is 700 g/mol. The Labute approximate surface area is 301 Å². The molecule has 9 nitrogen and oxygen atoms in total. The highest BCUT2D eigenvalue weighted by Gasteiger charge is 2.32. The molecule has 1 fully saturated rings. The van der Waals surface area contributed by atoms with Gasteiger partial charge in [0.15, 0.2) is 5.69 Å². The first-order valence-corrected chi connectivity index (χ1v) is 18.1. The minimum absolute atomic E-state index is 0.0595. The molecular weight excluding hydrogens is 661 g/mol. The zero-order valence-corrected chi connectivity index (χ0v) is 29.8. The predicted octanol–water partition coefficient (Wildman–Crippen LogP) is 7.89. The largest absolute Gasteiger partial charge is 0.493 e. The summed E-state index contributed by atoms with van der Waals surface area (Å²) in [7, 11) is 1.28. The summed E-state index contributed by atoms with van der Waals surface area (Å²) in [6.45, 7) is 5.30. The molecule has 2 amide bonds. The molecule has 3 N–H and O–H groups in total. The van der Waals surface area contributed by atoms with Gasteiger partial charge in [0, 0.05) is 52.3 Å². The van der Waals surface area contributed by atoms with Crippen LogP contribution < -0.4 is 15.8 Å². The van der Waals surface area contributed by atoms with E-state index in [4.69, 9.17) is 15.2 Å². The van der Waals surface area contributed by atoms with Gasteiger partial charge >= 0.3 is 5.97 Å².